The van der Waals surface area contributed by atoms with Crippen molar-refractivity contribution in [2.24, 2.45) is 14.1 Å². The number of aromatic nitrogens is 4. The van der Waals surface area contributed by atoms with Gasteiger partial charge in [0.2, 0.25) is 5.91 Å². The predicted octanol–water partition coefficient (Wildman–Crippen LogP) is 3.53. The number of methoxy groups -OCH3 is 1. The number of amides is 2. The van der Waals surface area contributed by atoms with Crippen LogP contribution in [0.5, 0.6) is 0 Å². The maximum atomic E-state index is 13.4. The summed E-state index contributed by atoms with van der Waals surface area (Å²) in [6, 6.07) is 13.3. The summed E-state index contributed by atoms with van der Waals surface area (Å²) in [7, 11) is 7.07. The van der Waals surface area contributed by atoms with E-state index in [1.807, 2.05) is 62.1 Å². The van der Waals surface area contributed by atoms with Crippen LogP contribution in [0.25, 0.3) is 22.4 Å². The molecule has 0 aliphatic heterocycles. The number of hydrogen-bond donors (Lipinski definition) is 1. The summed E-state index contributed by atoms with van der Waals surface area (Å²) < 4.78 is 8.71. The van der Waals surface area contributed by atoms with Crippen molar-refractivity contribution in [2.45, 2.75) is 19.9 Å². The highest BCUT2D eigenvalue weighted by molar-refractivity contribution is 6.06. The number of nitrogens with one attached hydrogen (secondary N) is 1. The Hall–Kier alpha value is -3.98. The molecule has 9 heteroatoms. The molecule has 0 spiro atoms. The van der Waals surface area contributed by atoms with Gasteiger partial charge >= 0.3 is 0 Å². The molecule has 2 aromatic carbocycles. The Kier molecular flexibility index (Phi) is 6.97. The van der Waals surface area contributed by atoms with E-state index in [-0.39, 0.29) is 18.2 Å². The number of rotatable bonds is 8. The van der Waals surface area contributed by atoms with Crippen LogP contribution in [0.15, 0.2) is 48.7 Å². The lowest BCUT2D eigenvalue weighted by atomic mass is 10.1. The Bertz CT molecular complexity index is 1370. The molecule has 4 rings (SSSR count). The molecule has 0 atom stereocenters. The molecule has 0 saturated carbocycles. The van der Waals surface area contributed by atoms with Crippen LogP contribution in [0.3, 0.4) is 0 Å². The van der Waals surface area contributed by atoms with E-state index in [0.717, 1.165) is 28.2 Å². The fourth-order valence-corrected chi connectivity index (χ4v) is 4.18. The molecule has 0 fully saturated rings. The summed E-state index contributed by atoms with van der Waals surface area (Å²) in [4.78, 5) is 32.4. The van der Waals surface area contributed by atoms with Gasteiger partial charge in [0, 0.05) is 57.7 Å². The van der Waals surface area contributed by atoms with Crippen LogP contribution < -0.4 is 5.32 Å². The standard InChI is InChI=1S/C26H30N6O3/c1-17-20(16-31(3)29-17)15-30(2)26(34)19-13-21(27-23(33)11-12-35-5)24-22(14-19)28-25(32(24)4)18-9-7-6-8-10-18/h6-10,13-14,16H,11-12,15H2,1-5H3,(H,27,33). The SMILES string of the molecule is COCCC(=O)Nc1cc(C(=O)N(C)Cc2cn(C)nc2C)cc2nc(-c3ccccc3)n(C)c12. The van der Waals surface area contributed by atoms with E-state index >= 15 is 0 Å². The summed E-state index contributed by atoms with van der Waals surface area (Å²) in [5.41, 5.74) is 5.16. The molecule has 0 unspecified atom stereocenters. The predicted molar refractivity (Wildman–Crippen MR) is 135 cm³/mol. The third-order valence-electron chi connectivity index (χ3n) is 5.92. The van der Waals surface area contributed by atoms with E-state index in [1.54, 1.807) is 35.9 Å². The Labute approximate surface area is 204 Å². The number of aryl methyl sites for hydroxylation is 3. The molecule has 2 aromatic heterocycles. The molecule has 9 nitrogen and oxygen atoms in total. The minimum atomic E-state index is -0.195. The van der Waals surface area contributed by atoms with Crippen molar-refractivity contribution in [3.63, 3.8) is 0 Å². The number of fused-ring (bicyclic) bond motifs is 1. The first-order chi connectivity index (χ1) is 16.8. The van der Waals surface area contributed by atoms with Crippen molar-refractivity contribution in [3.05, 3.63) is 65.5 Å². The van der Waals surface area contributed by atoms with Gasteiger partial charge in [-0.1, -0.05) is 30.3 Å². The van der Waals surface area contributed by atoms with Crippen molar-refractivity contribution in [1.29, 1.82) is 0 Å². The molecular weight excluding hydrogens is 444 g/mol. The van der Waals surface area contributed by atoms with Crippen LogP contribution in [-0.2, 0) is 30.2 Å². The van der Waals surface area contributed by atoms with Gasteiger partial charge in [0.25, 0.3) is 5.91 Å². The van der Waals surface area contributed by atoms with E-state index in [1.165, 1.54) is 0 Å². The zero-order valence-corrected chi connectivity index (χ0v) is 20.7. The fraction of sp³-hybridized carbons (Fsp3) is 0.308. The van der Waals surface area contributed by atoms with E-state index in [9.17, 15) is 9.59 Å². The molecule has 0 bridgehead atoms. The first-order valence-electron chi connectivity index (χ1n) is 11.4. The van der Waals surface area contributed by atoms with Gasteiger partial charge in [0.1, 0.15) is 5.82 Å². The largest absolute Gasteiger partial charge is 0.384 e. The molecule has 35 heavy (non-hydrogen) atoms. The van der Waals surface area contributed by atoms with E-state index < -0.39 is 0 Å². The van der Waals surface area contributed by atoms with E-state index in [0.29, 0.717) is 29.9 Å². The van der Waals surface area contributed by atoms with E-state index in [2.05, 4.69) is 10.4 Å². The quantitative estimate of drug-likeness (QED) is 0.422. The van der Waals surface area contributed by atoms with Crippen molar-refractivity contribution < 1.29 is 14.3 Å². The highest BCUT2D eigenvalue weighted by Gasteiger charge is 2.21. The first kappa shape index (κ1) is 24.2. The van der Waals surface area contributed by atoms with Gasteiger partial charge in [-0.2, -0.15) is 5.10 Å². The van der Waals surface area contributed by atoms with Crippen LogP contribution in [0.2, 0.25) is 0 Å². The molecule has 2 heterocycles. The summed E-state index contributed by atoms with van der Waals surface area (Å²) in [5, 5.41) is 7.32. The minimum absolute atomic E-state index is 0.172. The van der Waals surface area contributed by atoms with Crippen molar-refractivity contribution in [1.82, 2.24) is 24.2 Å². The van der Waals surface area contributed by atoms with Crippen LogP contribution in [-0.4, -0.2) is 56.8 Å². The maximum Gasteiger partial charge on any atom is 0.254 e. The van der Waals surface area contributed by atoms with Gasteiger partial charge in [-0.15, -0.1) is 0 Å². The number of benzene rings is 2. The normalized spacial score (nSPS) is 11.1. The fourth-order valence-electron chi connectivity index (χ4n) is 4.18. The van der Waals surface area contributed by atoms with Crippen molar-refractivity contribution >= 4 is 28.5 Å². The summed E-state index contributed by atoms with van der Waals surface area (Å²) in [5.74, 6) is 0.380. The molecular formula is C26H30N6O3. The topological polar surface area (TPSA) is 94.3 Å². The number of hydrogen-bond acceptors (Lipinski definition) is 5. The van der Waals surface area contributed by atoms with Gasteiger partial charge in [-0.3, -0.25) is 14.3 Å². The minimum Gasteiger partial charge on any atom is -0.384 e. The molecule has 0 aliphatic rings. The van der Waals surface area contributed by atoms with Crippen LogP contribution in [0.1, 0.15) is 28.0 Å². The van der Waals surface area contributed by atoms with Gasteiger partial charge in [0.15, 0.2) is 0 Å². The number of nitrogens with zero attached hydrogens (tertiary/aromatic N) is 5. The third kappa shape index (κ3) is 5.09. The van der Waals surface area contributed by atoms with Crippen LogP contribution in [0, 0.1) is 6.92 Å². The summed E-state index contributed by atoms with van der Waals surface area (Å²) in [6.07, 6.45) is 2.12. The van der Waals surface area contributed by atoms with Gasteiger partial charge < -0.3 is 19.5 Å². The van der Waals surface area contributed by atoms with Crippen LogP contribution in [0.4, 0.5) is 5.69 Å². The van der Waals surface area contributed by atoms with Crippen molar-refractivity contribution in [3.8, 4) is 11.4 Å². The van der Waals surface area contributed by atoms with Crippen molar-refractivity contribution in [2.75, 3.05) is 26.1 Å². The molecule has 0 saturated heterocycles. The summed E-state index contributed by atoms with van der Waals surface area (Å²) in [6.45, 7) is 2.65. The summed E-state index contributed by atoms with van der Waals surface area (Å²) >= 11 is 0. The second kappa shape index (κ2) is 10.1. The highest BCUT2D eigenvalue weighted by atomic mass is 16.5. The lowest BCUT2D eigenvalue weighted by Gasteiger charge is -2.18. The molecule has 4 aromatic rings. The number of ether oxygens (including phenoxy) is 1. The molecule has 182 valence electrons. The number of carbonyl (C=O) groups is 2. The molecule has 2 amide bonds. The first-order valence-corrected chi connectivity index (χ1v) is 11.4. The average molecular weight is 475 g/mol. The third-order valence-corrected chi connectivity index (χ3v) is 5.92. The highest BCUT2D eigenvalue weighted by Crippen LogP contribution is 2.31. The van der Waals surface area contributed by atoms with Gasteiger partial charge in [0.05, 0.1) is 35.4 Å². The number of imidazole rings is 1. The molecule has 0 radical (unpaired) electrons. The Balaban J connectivity index is 1.75. The Morgan fingerprint density at radius 2 is 1.89 bits per heavy atom. The Morgan fingerprint density at radius 3 is 2.54 bits per heavy atom. The van der Waals surface area contributed by atoms with E-state index in [4.69, 9.17) is 9.72 Å². The average Bonchev–Trinajstić information content (AvgIpc) is 3.35. The number of carbonyl (C=O) groups excluding carboxylic acids is 2. The second-order valence-electron chi connectivity index (χ2n) is 8.62. The smallest absolute Gasteiger partial charge is 0.254 e. The zero-order chi connectivity index (χ0) is 25.1. The lowest BCUT2D eigenvalue weighted by Crippen LogP contribution is -2.26. The second-order valence-corrected chi connectivity index (χ2v) is 8.62. The lowest BCUT2D eigenvalue weighted by molar-refractivity contribution is -0.117. The molecule has 1 N–H and O–H groups in total. The van der Waals surface area contributed by atoms with Gasteiger partial charge in [-0.25, -0.2) is 4.98 Å². The Morgan fingerprint density at radius 1 is 1.14 bits per heavy atom. The maximum absolute atomic E-state index is 13.4. The zero-order valence-electron chi connectivity index (χ0n) is 20.7. The van der Waals surface area contributed by atoms with Crippen LogP contribution >= 0.6 is 0 Å². The van der Waals surface area contributed by atoms with Gasteiger partial charge in [-0.05, 0) is 19.1 Å². The molecule has 0 aliphatic carbocycles. The number of anilines is 1. The monoisotopic (exact) mass is 474 g/mol.